The quantitative estimate of drug-likeness (QED) is 0.441. The zero-order chi connectivity index (χ0) is 18.7. The number of amides is 1. The SMILES string of the molecule is Cc1cc(C(=O)NN=Cc2coc3ccccc3c2=O)ccc1[N+](=O)[O-]. The topological polar surface area (TPSA) is 115 Å². The average Bonchev–Trinajstić information content (AvgIpc) is 2.63. The van der Waals surface area contributed by atoms with Gasteiger partial charge in [0.1, 0.15) is 11.8 Å². The van der Waals surface area contributed by atoms with Crippen molar-refractivity contribution in [2.75, 3.05) is 0 Å². The standard InChI is InChI=1S/C18H13N3O5/c1-11-8-12(6-7-15(11)21(24)25)18(23)20-19-9-13-10-26-16-5-3-2-4-14(16)17(13)22/h2-10H,1H3,(H,20,23). The molecule has 0 fully saturated rings. The summed E-state index contributed by atoms with van der Waals surface area (Å²) in [5.41, 5.74) is 3.16. The van der Waals surface area contributed by atoms with E-state index in [0.29, 0.717) is 16.5 Å². The van der Waals surface area contributed by atoms with Crippen LogP contribution in [0.5, 0.6) is 0 Å². The molecule has 0 atom stereocenters. The Morgan fingerprint density at radius 1 is 1.27 bits per heavy atom. The van der Waals surface area contributed by atoms with Gasteiger partial charge in [-0.2, -0.15) is 5.10 Å². The Labute approximate surface area is 146 Å². The molecule has 0 bridgehead atoms. The maximum absolute atomic E-state index is 12.3. The number of nitrogens with zero attached hydrogens (tertiary/aromatic N) is 2. The van der Waals surface area contributed by atoms with Gasteiger partial charge in [0.25, 0.3) is 11.6 Å². The van der Waals surface area contributed by atoms with Gasteiger partial charge in [-0.25, -0.2) is 5.43 Å². The molecule has 1 N–H and O–H groups in total. The summed E-state index contributed by atoms with van der Waals surface area (Å²) in [6.07, 6.45) is 2.45. The molecule has 26 heavy (non-hydrogen) atoms. The van der Waals surface area contributed by atoms with Crippen molar-refractivity contribution in [2.24, 2.45) is 5.10 Å². The van der Waals surface area contributed by atoms with Crippen LogP contribution in [0.2, 0.25) is 0 Å². The van der Waals surface area contributed by atoms with Gasteiger partial charge in [-0.05, 0) is 31.2 Å². The molecule has 1 amide bonds. The van der Waals surface area contributed by atoms with Crippen molar-refractivity contribution in [2.45, 2.75) is 6.92 Å². The number of hydrogen-bond donors (Lipinski definition) is 1. The molecule has 0 aliphatic rings. The Balaban J connectivity index is 1.77. The van der Waals surface area contributed by atoms with Crippen LogP contribution < -0.4 is 10.9 Å². The minimum atomic E-state index is -0.551. The van der Waals surface area contributed by atoms with E-state index < -0.39 is 10.8 Å². The molecule has 1 heterocycles. The maximum atomic E-state index is 12.3. The first kappa shape index (κ1) is 17.0. The summed E-state index contributed by atoms with van der Waals surface area (Å²) in [5, 5.41) is 15.0. The van der Waals surface area contributed by atoms with Gasteiger partial charge in [-0.3, -0.25) is 19.7 Å². The summed E-state index contributed by atoms with van der Waals surface area (Å²) in [7, 11) is 0. The third-order valence-corrected chi connectivity index (χ3v) is 3.73. The molecule has 3 rings (SSSR count). The molecule has 1 aromatic heterocycles. The number of nitrogens with one attached hydrogen (secondary N) is 1. The van der Waals surface area contributed by atoms with Gasteiger partial charge >= 0.3 is 0 Å². The van der Waals surface area contributed by atoms with Gasteiger partial charge in [0.2, 0.25) is 5.43 Å². The van der Waals surface area contributed by atoms with Crippen molar-refractivity contribution in [3.8, 4) is 0 Å². The Hall–Kier alpha value is -3.81. The van der Waals surface area contributed by atoms with Gasteiger partial charge in [0, 0.05) is 17.2 Å². The molecular weight excluding hydrogens is 338 g/mol. The number of hydrazone groups is 1. The molecule has 8 heteroatoms. The van der Waals surface area contributed by atoms with Crippen LogP contribution in [-0.4, -0.2) is 17.0 Å². The molecule has 0 aliphatic heterocycles. The summed E-state index contributed by atoms with van der Waals surface area (Å²) >= 11 is 0. The highest BCUT2D eigenvalue weighted by atomic mass is 16.6. The van der Waals surface area contributed by atoms with Crippen LogP contribution in [0, 0.1) is 17.0 Å². The highest BCUT2D eigenvalue weighted by Gasteiger charge is 2.13. The predicted octanol–water partition coefficient (Wildman–Crippen LogP) is 2.77. The van der Waals surface area contributed by atoms with Crippen molar-refractivity contribution < 1.29 is 14.1 Å². The second-order valence-corrected chi connectivity index (χ2v) is 5.47. The smallest absolute Gasteiger partial charge is 0.272 e. The normalized spacial score (nSPS) is 11.0. The number of carbonyl (C=O) groups is 1. The Bertz CT molecular complexity index is 1100. The summed E-state index contributed by atoms with van der Waals surface area (Å²) in [5.74, 6) is -0.551. The lowest BCUT2D eigenvalue weighted by atomic mass is 10.1. The number of benzene rings is 2. The van der Waals surface area contributed by atoms with Gasteiger partial charge < -0.3 is 4.42 Å². The van der Waals surface area contributed by atoms with E-state index in [1.54, 1.807) is 31.2 Å². The Kier molecular flexibility index (Phi) is 4.57. The average molecular weight is 351 g/mol. The summed E-state index contributed by atoms with van der Waals surface area (Å²) in [6.45, 7) is 1.54. The monoisotopic (exact) mass is 351 g/mol. The number of aryl methyl sites for hydroxylation is 1. The molecule has 3 aromatic rings. The van der Waals surface area contributed by atoms with E-state index in [9.17, 15) is 19.7 Å². The zero-order valence-corrected chi connectivity index (χ0v) is 13.6. The lowest BCUT2D eigenvalue weighted by Gasteiger charge is -2.02. The van der Waals surface area contributed by atoms with Gasteiger partial charge in [-0.1, -0.05) is 12.1 Å². The van der Waals surface area contributed by atoms with E-state index in [-0.39, 0.29) is 22.2 Å². The zero-order valence-electron chi connectivity index (χ0n) is 13.6. The first-order valence-electron chi connectivity index (χ1n) is 7.56. The van der Waals surface area contributed by atoms with Crippen LogP contribution in [0.3, 0.4) is 0 Å². The number of nitro benzene ring substituents is 1. The van der Waals surface area contributed by atoms with Gasteiger partial charge in [0.05, 0.1) is 22.1 Å². The minimum Gasteiger partial charge on any atom is -0.463 e. The molecule has 0 aliphatic carbocycles. The first-order valence-corrected chi connectivity index (χ1v) is 7.56. The van der Waals surface area contributed by atoms with E-state index in [4.69, 9.17) is 4.42 Å². The largest absolute Gasteiger partial charge is 0.463 e. The third-order valence-electron chi connectivity index (χ3n) is 3.73. The van der Waals surface area contributed by atoms with E-state index in [0.717, 1.165) is 0 Å². The fourth-order valence-corrected chi connectivity index (χ4v) is 2.41. The van der Waals surface area contributed by atoms with Gasteiger partial charge in [0.15, 0.2) is 0 Å². The lowest BCUT2D eigenvalue weighted by Crippen LogP contribution is -2.18. The fraction of sp³-hybridized carbons (Fsp3) is 0.0556. The van der Waals surface area contributed by atoms with Crippen molar-refractivity contribution in [1.82, 2.24) is 5.43 Å². The second-order valence-electron chi connectivity index (χ2n) is 5.47. The number of hydrogen-bond acceptors (Lipinski definition) is 6. The number of fused-ring (bicyclic) bond motifs is 1. The van der Waals surface area contributed by atoms with Crippen LogP contribution in [0.1, 0.15) is 21.5 Å². The Morgan fingerprint density at radius 3 is 2.77 bits per heavy atom. The lowest BCUT2D eigenvalue weighted by molar-refractivity contribution is -0.385. The molecule has 0 radical (unpaired) electrons. The minimum absolute atomic E-state index is 0.0705. The third kappa shape index (κ3) is 3.34. The van der Waals surface area contributed by atoms with Crippen LogP contribution >= 0.6 is 0 Å². The molecule has 130 valence electrons. The highest BCUT2D eigenvalue weighted by Crippen LogP contribution is 2.18. The summed E-state index contributed by atoms with van der Waals surface area (Å²) < 4.78 is 5.35. The fourth-order valence-electron chi connectivity index (χ4n) is 2.41. The van der Waals surface area contributed by atoms with Crippen molar-refractivity contribution in [3.63, 3.8) is 0 Å². The van der Waals surface area contributed by atoms with Crippen molar-refractivity contribution in [1.29, 1.82) is 0 Å². The van der Waals surface area contributed by atoms with Crippen LogP contribution in [0.15, 0.2) is 63.0 Å². The summed E-state index contributed by atoms with van der Waals surface area (Å²) in [4.78, 5) is 34.6. The number of carbonyl (C=O) groups excluding carboxylic acids is 1. The predicted molar refractivity (Wildman–Crippen MR) is 95.4 cm³/mol. The maximum Gasteiger partial charge on any atom is 0.272 e. The Morgan fingerprint density at radius 2 is 2.04 bits per heavy atom. The van der Waals surface area contributed by atoms with Crippen LogP contribution in [0.25, 0.3) is 11.0 Å². The molecule has 0 saturated carbocycles. The van der Waals surface area contributed by atoms with Gasteiger partial charge in [-0.15, -0.1) is 0 Å². The van der Waals surface area contributed by atoms with Crippen LogP contribution in [-0.2, 0) is 0 Å². The highest BCUT2D eigenvalue weighted by molar-refractivity contribution is 5.95. The second kappa shape index (κ2) is 6.98. The molecule has 2 aromatic carbocycles. The number of rotatable bonds is 4. The van der Waals surface area contributed by atoms with E-state index in [1.807, 2.05) is 0 Å². The molecule has 0 saturated heterocycles. The van der Waals surface area contributed by atoms with Crippen molar-refractivity contribution >= 4 is 28.8 Å². The summed E-state index contributed by atoms with van der Waals surface area (Å²) in [6, 6.07) is 10.8. The molecular formula is C18H13N3O5. The van der Waals surface area contributed by atoms with E-state index in [2.05, 4.69) is 10.5 Å². The molecule has 0 unspecified atom stereocenters. The van der Waals surface area contributed by atoms with E-state index >= 15 is 0 Å². The van der Waals surface area contributed by atoms with Crippen LogP contribution in [0.4, 0.5) is 5.69 Å². The number of para-hydroxylation sites is 1. The molecule has 0 spiro atoms. The molecule has 8 nitrogen and oxygen atoms in total. The van der Waals surface area contributed by atoms with E-state index in [1.165, 1.54) is 30.7 Å². The number of nitro groups is 1. The van der Waals surface area contributed by atoms with Crippen molar-refractivity contribution in [3.05, 3.63) is 85.8 Å². The first-order chi connectivity index (χ1) is 12.5.